The molecule has 14 nitrogen and oxygen atoms in total. The first-order chi connectivity index (χ1) is 29.9. The van der Waals surface area contributed by atoms with Gasteiger partial charge in [0.25, 0.3) is 0 Å². The van der Waals surface area contributed by atoms with Gasteiger partial charge in [0.05, 0.1) is 18.8 Å². The summed E-state index contributed by atoms with van der Waals surface area (Å²) in [6.45, 7) is 3.28. The van der Waals surface area contributed by atoms with Gasteiger partial charge in [0.2, 0.25) is 0 Å². The number of phosphoric acid groups is 1. The predicted molar refractivity (Wildman–Crippen MR) is 239 cm³/mol. The maximum Gasteiger partial charge on any atom is 0.472 e. The van der Waals surface area contributed by atoms with E-state index in [0.717, 1.165) is 70.6 Å². The zero-order valence-electron chi connectivity index (χ0n) is 38.4. The number of ether oxygens (including phenoxy) is 3. The van der Waals surface area contributed by atoms with Crippen LogP contribution >= 0.6 is 7.82 Å². The average Bonchev–Trinajstić information content (AvgIpc) is 4.01. The Labute approximate surface area is 373 Å². The summed E-state index contributed by atoms with van der Waals surface area (Å²) in [6.07, 6.45) is 24.3. The molecule has 0 aromatic carbocycles. The molecule has 0 aromatic heterocycles. The third-order valence-corrected chi connectivity index (χ3v) is 13.0. The van der Waals surface area contributed by atoms with E-state index in [9.17, 15) is 44.6 Å². The van der Waals surface area contributed by atoms with Crippen LogP contribution in [0.2, 0.25) is 0 Å². The average molecular weight is 907 g/mol. The molecule has 10 atom stereocenters. The molecule has 364 valence electrons. The van der Waals surface area contributed by atoms with Gasteiger partial charge in [-0.1, -0.05) is 167 Å². The summed E-state index contributed by atoms with van der Waals surface area (Å²) < 4.78 is 39.3. The molecule has 2 rings (SSSR count). The molecule has 5 unspecified atom stereocenters. The SMILES string of the molecule is CCCCCCCCCCCCCCCCCCCC(=O)O[C@H](COC(=O)CCCCCCC/C=C\CC1OC1CCCCC)COP(=O)(O)OC1[C@H](O)[C@H](O)C(O)[C@H](O)[C@H]1O. The number of hydrogen-bond donors (Lipinski definition) is 6. The lowest BCUT2D eigenvalue weighted by Crippen LogP contribution is -2.64. The highest BCUT2D eigenvalue weighted by Crippen LogP contribution is 2.47. The Kier molecular flexibility index (Phi) is 31.8. The first-order valence-electron chi connectivity index (χ1n) is 24.6. The van der Waals surface area contributed by atoms with Crippen molar-refractivity contribution in [3.05, 3.63) is 12.2 Å². The minimum atomic E-state index is -5.12. The fourth-order valence-electron chi connectivity index (χ4n) is 7.94. The van der Waals surface area contributed by atoms with Crippen molar-refractivity contribution in [3.8, 4) is 0 Å². The third kappa shape index (κ3) is 26.5. The molecule has 2 fully saturated rings. The van der Waals surface area contributed by atoms with Gasteiger partial charge in [-0.3, -0.25) is 18.6 Å². The van der Waals surface area contributed by atoms with Crippen molar-refractivity contribution < 1.29 is 67.8 Å². The number of epoxide rings is 1. The van der Waals surface area contributed by atoms with Gasteiger partial charge in [-0.05, 0) is 38.5 Å². The summed E-state index contributed by atoms with van der Waals surface area (Å²) in [5.74, 6) is -1.11. The van der Waals surface area contributed by atoms with E-state index in [0.29, 0.717) is 25.0 Å². The number of carbonyl (C=O) groups excluding carboxylic acids is 2. The van der Waals surface area contributed by atoms with E-state index in [1.807, 2.05) is 0 Å². The molecule has 0 aromatic rings. The molecule has 1 saturated carbocycles. The molecule has 1 aliphatic heterocycles. The highest BCUT2D eigenvalue weighted by Gasteiger charge is 2.51. The Hall–Kier alpha value is -1.45. The zero-order chi connectivity index (χ0) is 45.4. The molecular weight excluding hydrogens is 819 g/mol. The predicted octanol–water partition coefficient (Wildman–Crippen LogP) is 8.83. The number of hydrogen-bond acceptors (Lipinski definition) is 13. The Morgan fingerprint density at radius 3 is 1.55 bits per heavy atom. The fourth-order valence-corrected chi connectivity index (χ4v) is 8.91. The quantitative estimate of drug-likeness (QED) is 0.0111. The topological polar surface area (TPSA) is 222 Å². The molecule has 15 heteroatoms. The van der Waals surface area contributed by atoms with E-state index < -0.39 is 75.7 Å². The molecule has 1 saturated heterocycles. The highest BCUT2D eigenvalue weighted by atomic mass is 31.2. The summed E-state index contributed by atoms with van der Waals surface area (Å²) in [6, 6.07) is 0. The van der Waals surface area contributed by atoms with Crippen LogP contribution in [0.1, 0.15) is 206 Å². The maximum absolute atomic E-state index is 12.8. The van der Waals surface area contributed by atoms with Gasteiger partial charge in [0.1, 0.15) is 43.2 Å². The second kappa shape index (κ2) is 34.8. The number of aliphatic hydroxyl groups excluding tert-OH is 5. The number of rotatable bonds is 40. The molecule has 0 radical (unpaired) electrons. The molecule has 1 heterocycles. The minimum Gasteiger partial charge on any atom is -0.462 e. The van der Waals surface area contributed by atoms with Crippen LogP contribution in [-0.2, 0) is 37.4 Å². The molecule has 62 heavy (non-hydrogen) atoms. The Morgan fingerprint density at radius 1 is 0.565 bits per heavy atom. The number of aliphatic hydroxyl groups is 5. The van der Waals surface area contributed by atoms with Crippen molar-refractivity contribution in [1.82, 2.24) is 0 Å². The molecule has 0 bridgehead atoms. The molecule has 1 aliphatic carbocycles. The smallest absolute Gasteiger partial charge is 0.462 e. The second-order valence-corrected chi connectivity index (χ2v) is 19.1. The highest BCUT2D eigenvalue weighted by molar-refractivity contribution is 7.47. The van der Waals surface area contributed by atoms with Crippen molar-refractivity contribution in [1.29, 1.82) is 0 Å². The first-order valence-corrected chi connectivity index (χ1v) is 26.1. The van der Waals surface area contributed by atoms with E-state index in [4.69, 9.17) is 23.3 Å². The Bertz CT molecular complexity index is 1210. The zero-order valence-corrected chi connectivity index (χ0v) is 39.3. The standard InChI is InChI=1S/C47H87O14P/c1-3-5-7-8-9-10-11-12-13-14-15-16-17-18-23-26-30-34-41(49)59-37(36-58-62(55,56)61-47-45(53)43(51)42(50)44(52)46(47)54)35-57-40(48)33-29-25-22-20-19-21-24-28-32-39-38(60-39)31-27-6-4-2/h24,28,37-39,42-47,50-54H,3-23,25-27,29-36H2,1-2H3,(H,55,56)/b28-24-/t37-,38?,39?,42?,43-,44+,45-,46-,47?/m1/s1. The van der Waals surface area contributed by atoms with E-state index >= 15 is 0 Å². The van der Waals surface area contributed by atoms with Crippen molar-refractivity contribution in [3.63, 3.8) is 0 Å². The Morgan fingerprint density at radius 2 is 1.02 bits per heavy atom. The number of phosphoric ester groups is 1. The summed E-state index contributed by atoms with van der Waals surface area (Å²) in [7, 11) is -5.12. The van der Waals surface area contributed by atoms with Crippen LogP contribution in [0.4, 0.5) is 0 Å². The van der Waals surface area contributed by atoms with Gasteiger partial charge in [-0.2, -0.15) is 0 Å². The molecule has 6 N–H and O–H groups in total. The van der Waals surface area contributed by atoms with Crippen LogP contribution in [-0.4, -0.2) is 111 Å². The number of unbranched alkanes of at least 4 members (excludes halogenated alkanes) is 23. The molecule has 0 amide bonds. The van der Waals surface area contributed by atoms with E-state index in [-0.39, 0.29) is 12.8 Å². The van der Waals surface area contributed by atoms with Crippen molar-refractivity contribution in [2.75, 3.05) is 13.2 Å². The number of allylic oxidation sites excluding steroid dienone is 1. The summed E-state index contributed by atoms with van der Waals surface area (Å²) in [5, 5.41) is 50.2. The monoisotopic (exact) mass is 907 g/mol. The second-order valence-electron chi connectivity index (χ2n) is 17.7. The molecular formula is C47H87O14P. The molecule has 0 spiro atoms. The lowest BCUT2D eigenvalue weighted by Gasteiger charge is -2.41. The van der Waals surface area contributed by atoms with E-state index in [1.54, 1.807) is 0 Å². The minimum absolute atomic E-state index is 0.0964. The number of esters is 2. The van der Waals surface area contributed by atoms with Gasteiger partial charge in [-0.15, -0.1) is 0 Å². The van der Waals surface area contributed by atoms with Gasteiger partial charge in [0, 0.05) is 12.8 Å². The van der Waals surface area contributed by atoms with Crippen LogP contribution in [0.3, 0.4) is 0 Å². The van der Waals surface area contributed by atoms with Crippen LogP contribution in [0, 0.1) is 0 Å². The number of carbonyl (C=O) groups is 2. The van der Waals surface area contributed by atoms with Gasteiger partial charge >= 0.3 is 19.8 Å². The van der Waals surface area contributed by atoms with Gasteiger partial charge in [0.15, 0.2) is 6.10 Å². The van der Waals surface area contributed by atoms with Crippen LogP contribution in [0.15, 0.2) is 12.2 Å². The van der Waals surface area contributed by atoms with Crippen molar-refractivity contribution >= 4 is 19.8 Å². The first kappa shape index (κ1) is 56.7. The van der Waals surface area contributed by atoms with E-state index in [2.05, 4.69) is 26.0 Å². The third-order valence-electron chi connectivity index (χ3n) is 12.0. The molecule has 2 aliphatic rings. The van der Waals surface area contributed by atoms with Gasteiger partial charge < -0.3 is 44.6 Å². The van der Waals surface area contributed by atoms with Crippen LogP contribution in [0.25, 0.3) is 0 Å². The summed E-state index contributed by atoms with van der Waals surface area (Å²) in [4.78, 5) is 35.8. The van der Waals surface area contributed by atoms with Crippen molar-refractivity contribution in [2.45, 2.75) is 261 Å². The lowest BCUT2D eigenvalue weighted by atomic mass is 9.85. The van der Waals surface area contributed by atoms with Gasteiger partial charge in [-0.25, -0.2) is 4.57 Å². The van der Waals surface area contributed by atoms with Crippen molar-refractivity contribution in [2.24, 2.45) is 0 Å². The van der Waals surface area contributed by atoms with E-state index in [1.165, 1.54) is 96.3 Å². The lowest BCUT2D eigenvalue weighted by molar-refractivity contribution is -0.220. The Balaban J connectivity index is 1.67. The van der Waals surface area contributed by atoms with Crippen LogP contribution in [0.5, 0.6) is 0 Å². The fraction of sp³-hybridized carbons (Fsp3) is 0.915. The maximum atomic E-state index is 12.8. The largest absolute Gasteiger partial charge is 0.472 e. The van der Waals surface area contributed by atoms with Crippen LogP contribution < -0.4 is 0 Å². The summed E-state index contributed by atoms with van der Waals surface area (Å²) in [5.41, 5.74) is 0. The normalized spacial score (nSPS) is 25.2. The summed E-state index contributed by atoms with van der Waals surface area (Å²) >= 11 is 0.